The first kappa shape index (κ1) is 22.0. The lowest BCUT2D eigenvalue weighted by atomic mass is 9.65. The number of hydrogen-bond acceptors (Lipinski definition) is 2. The molecule has 0 aromatic carbocycles. The van der Waals surface area contributed by atoms with Crippen LogP contribution >= 0.6 is 24.0 Å². The van der Waals surface area contributed by atoms with Gasteiger partial charge in [0.05, 0.1) is 0 Å². The first-order chi connectivity index (χ1) is 10.8. The molecule has 1 N–H and O–H groups in total. The zero-order valence-corrected chi connectivity index (χ0v) is 19.0. The van der Waals surface area contributed by atoms with Crippen molar-refractivity contribution in [2.45, 2.75) is 65.8 Å². The summed E-state index contributed by atoms with van der Waals surface area (Å²) in [4.78, 5) is 9.55. The van der Waals surface area contributed by atoms with Crippen LogP contribution < -0.4 is 5.32 Å². The van der Waals surface area contributed by atoms with Crippen LogP contribution in [0.1, 0.15) is 60.3 Å². The lowest BCUT2D eigenvalue weighted by Crippen LogP contribution is -2.72. The Labute approximate surface area is 166 Å². The van der Waals surface area contributed by atoms with E-state index in [2.05, 4.69) is 54.7 Å². The van der Waals surface area contributed by atoms with Crippen molar-refractivity contribution in [3.8, 4) is 0 Å². The summed E-state index contributed by atoms with van der Waals surface area (Å²) in [6, 6.07) is 0. The number of rotatable bonds is 5. The fourth-order valence-electron chi connectivity index (χ4n) is 3.85. The summed E-state index contributed by atoms with van der Waals surface area (Å²) in [5.41, 5.74) is 0.536. The average Bonchev–Trinajstić information content (AvgIpc) is 2.49. The standard InChI is InChI=1S/C19H38N4.HI/c1-16-10-9-13-22(14-16)12-8-7-11-21-17(20-6)23-15-18(2,3)19(23,4)5;/h16H,7-15H2,1-6H3,(H,20,21);1H. The number of unbranched alkanes of at least 4 members (excludes halogenated alkanes) is 1. The molecule has 2 aliphatic heterocycles. The van der Waals surface area contributed by atoms with Crippen molar-refractivity contribution < 1.29 is 0 Å². The second-order valence-corrected chi connectivity index (χ2v) is 8.76. The molecule has 0 aliphatic carbocycles. The molecule has 0 radical (unpaired) electrons. The van der Waals surface area contributed by atoms with Crippen LogP contribution in [0.15, 0.2) is 4.99 Å². The van der Waals surface area contributed by atoms with Crippen LogP contribution in [0.25, 0.3) is 0 Å². The molecule has 2 aliphatic rings. The molecule has 1 unspecified atom stereocenters. The van der Waals surface area contributed by atoms with E-state index in [0.717, 1.165) is 25.0 Å². The minimum atomic E-state index is 0. The Bertz CT molecular complexity index is 420. The number of piperidine rings is 1. The second kappa shape index (κ2) is 9.06. The largest absolute Gasteiger partial charge is 0.356 e. The Kier molecular flexibility index (Phi) is 8.30. The van der Waals surface area contributed by atoms with Gasteiger partial charge in [-0.2, -0.15) is 0 Å². The average molecular weight is 450 g/mol. The summed E-state index contributed by atoms with van der Waals surface area (Å²) in [7, 11) is 1.90. The van der Waals surface area contributed by atoms with Gasteiger partial charge in [0, 0.05) is 37.6 Å². The number of hydrogen-bond donors (Lipinski definition) is 1. The van der Waals surface area contributed by atoms with Gasteiger partial charge in [-0.3, -0.25) is 4.99 Å². The van der Waals surface area contributed by atoms with E-state index in [1.165, 1.54) is 45.3 Å². The molecule has 2 heterocycles. The van der Waals surface area contributed by atoms with Crippen LogP contribution in [0.5, 0.6) is 0 Å². The molecular formula is C19H39IN4. The zero-order chi connectivity index (χ0) is 17.1. The summed E-state index contributed by atoms with van der Waals surface area (Å²) in [5, 5.41) is 3.57. The van der Waals surface area contributed by atoms with E-state index in [4.69, 9.17) is 0 Å². The summed E-state index contributed by atoms with van der Waals surface area (Å²) in [6.45, 7) is 17.7. The molecule has 0 amide bonds. The molecule has 142 valence electrons. The van der Waals surface area contributed by atoms with Crippen LogP contribution in [0.3, 0.4) is 0 Å². The second-order valence-electron chi connectivity index (χ2n) is 8.76. The van der Waals surface area contributed by atoms with Gasteiger partial charge < -0.3 is 15.1 Å². The van der Waals surface area contributed by atoms with Crippen LogP contribution in [0, 0.1) is 11.3 Å². The molecule has 0 spiro atoms. The molecule has 2 rings (SSSR count). The van der Waals surface area contributed by atoms with Crippen LogP contribution in [0.2, 0.25) is 0 Å². The Balaban J connectivity index is 0.00000288. The topological polar surface area (TPSA) is 30.9 Å². The maximum absolute atomic E-state index is 4.49. The summed E-state index contributed by atoms with van der Waals surface area (Å²) in [6.07, 6.45) is 5.30. The van der Waals surface area contributed by atoms with Crippen molar-refractivity contribution in [2.75, 3.05) is 39.8 Å². The van der Waals surface area contributed by atoms with Gasteiger partial charge in [-0.1, -0.05) is 20.8 Å². The third kappa shape index (κ3) is 4.99. The van der Waals surface area contributed by atoms with Crippen molar-refractivity contribution in [2.24, 2.45) is 16.3 Å². The van der Waals surface area contributed by atoms with Gasteiger partial charge in [0.15, 0.2) is 5.96 Å². The first-order valence-electron chi connectivity index (χ1n) is 9.48. The van der Waals surface area contributed by atoms with Crippen molar-refractivity contribution in [1.82, 2.24) is 15.1 Å². The molecule has 5 heteroatoms. The number of guanidine groups is 1. The number of likely N-dealkylation sites (tertiary alicyclic amines) is 2. The summed E-state index contributed by atoms with van der Waals surface area (Å²) >= 11 is 0. The lowest BCUT2D eigenvalue weighted by molar-refractivity contribution is -0.0667. The van der Waals surface area contributed by atoms with E-state index in [1.807, 2.05) is 7.05 Å². The van der Waals surface area contributed by atoms with Crippen LogP contribution in [-0.4, -0.2) is 61.1 Å². The molecule has 0 aromatic rings. The number of halogens is 1. The monoisotopic (exact) mass is 450 g/mol. The third-order valence-corrected chi connectivity index (χ3v) is 6.28. The fraction of sp³-hybridized carbons (Fsp3) is 0.947. The molecule has 2 fully saturated rings. The van der Waals surface area contributed by atoms with Gasteiger partial charge in [-0.25, -0.2) is 0 Å². The Morgan fingerprint density at radius 3 is 2.46 bits per heavy atom. The molecule has 0 saturated carbocycles. The van der Waals surface area contributed by atoms with Gasteiger partial charge in [0.1, 0.15) is 0 Å². The van der Waals surface area contributed by atoms with Gasteiger partial charge in [0.25, 0.3) is 0 Å². The SMILES string of the molecule is CN=C(NCCCCN1CCCC(C)C1)N1CC(C)(C)C1(C)C.I. The van der Waals surface area contributed by atoms with Crippen molar-refractivity contribution in [1.29, 1.82) is 0 Å². The molecule has 24 heavy (non-hydrogen) atoms. The fourth-order valence-corrected chi connectivity index (χ4v) is 3.85. The lowest BCUT2D eigenvalue weighted by Gasteiger charge is -2.62. The maximum Gasteiger partial charge on any atom is 0.194 e. The van der Waals surface area contributed by atoms with Crippen LogP contribution in [-0.2, 0) is 0 Å². The van der Waals surface area contributed by atoms with Crippen molar-refractivity contribution in [3.05, 3.63) is 0 Å². The van der Waals surface area contributed by atoms with E-state index >= 15 is 0 Å². The summed E-state index contributed by atoms with van der Waals surface area (Å²) < 4.78 is 0. The molecule has 0 aromatic heterocycles. The highest BCUT2D eigenvalue weighted by Gasteiger charge is 2.53. The van der Waals surface area contributed by atoms with E-state index < -0.39 is 0 Å². The Morgan fingerprint density at radius 2 is 1.92 bits per heavy atom. The smallest absolute Gasteiger partial charge is 0.194 e. The first-order valence-corrected chi connectivity index (χ1v) is 9.48. The Morgan fingerprint density at radius 1 is 1.21 bits per heavy atom. The maximum atomic E-state index is 4.49. The van der Waals surface area contributed by atoms with E-state index in [9.17, 15) is 0 Å². The van der Waals surface area contributed by atoms with Crippen molar-refractivity contribution >= 4 is 29.9 Å². The number of aliphatic imine (C=N–C) groups is 1. The molecule has 0 bridgehead atoms. The van der Waals surface area contributed by atoms with Gasteiger partial charge in [-0.15, -0.1) is 24.0 Å². The quantitative estimate of drug-likeness (QED) is 0.299. The van der Waals surface area contributed by atoms with Gasteiger partial charge >= 0.3 is 0 Å². The third-order valence-electron chi connectivity index (χ3n) is 6.28. The minimum Gasteiger partial charge on any atom is -0.356 e. The van der Waals surface area contributed by atoms with E-state index in [1.54, 1.807) is 0 Å². The summed E-state index contributed by atoms with van der Waals surface area (Å²) in [5.74, 6) is 1.96. The minimum absolute atomic E-state index is 0. The predicted octanol–water partition coefficient (Wildman–Crippen LogP) is 3.81. The number of nitrogens with zero attached hydrogens (tertiary/aromatic N) is 3. The molecule has 1 atom stereocenters. The molecular weight excluding hydrogens is 411 g/mol. The van der Waals surface area contributed by atoms with Crippen molar-refractivity contribution in [3.63, 3.8) is 0 Å². The normalized spacial score (nSPS) is 26.5. The van der Waals surface area contributed by atoms with Crippen LogP contribution in [0.4, 0.5) is 0 Å². The Hall–Kier alpha value is -0.0400. The highest BCUT2D eigenvalue weighted by atomic mass is 127. The zero-order valence-electron chi connectivity index (χ0n) is 16.7. The molecule has 2 saturated heterocycles. The van der Waals surface area contributed by atoms with E-state index in [0.29, 0.717) is 5.41 Å². The van der Waals surface area contributed by atoms with Gasteiger partial charge in [0.2, 0.25) is 0 Å². The highest BCUT2D eigenvalue weighted by Crippen LogP contribution is 2.46. The van der Waals surface area contributed by atoms with Gasteiger partial charge in [-0.05, 0) is 58.5 Å². The highest BCUT2D eigenvalue weighted by molar-refractivity contribution is 14.0. The molecule has 4 nitrogen and oxygen atoms in total. The predicted molar refractivity (Wildman–Crippen MR) is 115 cm³/mol. The van der Waals surface area contributed by atoms with E-state index in [-0.39, 0.29) is 29.5 Å². The number of nitrogens with one attached hydrogen (secondary N) is 1.